The Labute approximate surface area is 123 Å². The van der Waals surface area contributed by atoms with E-state index in [2.05, 4.69) is 32.3 Å². The zero-order valence-corrected chi connectivity index (χ0v) is 12.6. The zero-order chi connectivity index (χ0) is 14.8. The highest BCUT2D eigenvalue weighted by molar-refractivity contribution is 5.49. The van der Waals surface area contributed by atoms with E-state index < -0.39 is 0 Å². The number of aromatic amines is 1. The van der Waals surface area contributed by atoms with E-state index in [1.165, 1.54) is 36.8 Å². The summed E-state index contributed by atoms with van der Waals surface area (Å²) in [6.07, 6.45) is 3.94. The number of anilines is 1. The molecule has 7 nitrogen and oxygen atoms in total. The minimum atomic E-state index is -0.247. The van der Waals surface area contributed by atoms with Crippen LogP contribution in [0.1, 0.15) is 32.0 Å². The van der Waals surface area contributed by atoms with Crippen LogP contribution < -0.4 is 11.0 Å². The Morgan fingerprint density at radius 3 is 2.90 bits per heavy atom. The quantitative estimate of drug-likeness (QED) is 0.878. The largest absolute Gasteiger partial charge is 0.368 e. The van der Waals surface area contributed by atoms with Crippen molar-refractivity contribution in [2.75, 3.05) is 25.0 Å². The topological polar surface area (TPSA) is 78.3 Å². The summed E-state index contributed by atoms with van der Waals surface area (Å²) in [6.45, 7) is 7.26. The first kappa shape index (κ1) is 14.1. The number of nitrogens with zero attached hydrogens (tertiary/aromatic N) is 4. The molecule has 3 heterocycles. The molecule has 0 aromatic carbocycles. The lowest BCUT2D eigenvalue weighted by Crippen LogP contribution is -2.41. The van der Waals surface area contributed by atoms with Gasteiger partial charge in [-0.1, -0.05) is 6.42 Å². The first-order valence-electron chi connectivity index (χ1n) is 7.58. The van der Waals surface area contributed by atoms with Crippen LogP contribution >= 0.6 is 0 Å². The van der Waals surface area contributed by atoms with E-state index in [0.29, 0.717) is 17.5 Å². The molecule has 1 aliphatic rings. The fraction of sp³-hybridized carbons (Fsp3) is 0.643. The average molecular weight is 290 g/mol. The third-order valence-electron chi connectivity index (χ3n) is 4.16. The lowest BCUT2D eigenvalue weighted by Gasteiger charge is -2.32. The van der Waals surface area contributed by atoms with Crippen LogP contribution in [0.15, 0.2) is 10.9 Å². The van der Waals surface area contributed by atoms with Crippen molar-refractivity contribution in [1.82, 2.24) is 24.5 Å². The Morgan fingerprint density at radius 1 is 1.38 bits per heavy atom. The number of aryl methyl sites for hydroxylation is 1. The van der Waals surface area contributed by atoms with Crippen molar-refractivity contribution < 1.29 is 0 Å². The van der Waals surface area contributed by atoms with E-state index in [1.54, 1.807) is 6.07 Å². The van der Waals surface area contributed by atoms with Crippen LogP contribution in [0.4, 0.5) is 5.82 Å². The highest BCUT2D eigenvalue weighted by Gasteiger charge is 2.16. The van der Waals surface area contributed by atoms with Crippen molar-refractivity contribution in [1.29, 1.82) is 0 Å². The maximum absolute atomic E-state index is 11.6. The molecule has 0 amide bonds. The van der Waals surface area contributed by atoms with Crippen molar-refractivity contribution in [3.63, 3.8) is 0 Å². The lowest BCUT2D eigenvalue weighted by molar-refractivity contribution is 0.180. The molecule has 3 rings (SSSR count). The smallest absolute Gasteiger partial charge is 0.349 e. The van der Waals surface area contributed by atoms with Crippen LogP contribution in [0, 0.1) is 6.92 Å². The van der Waals surface area contributed by atoms with Gasteiger partial charge in [0.25, 0.3) is 0 Å². The minimum Gasteiger partial charge on any atom is -0.368 e. The summed E-state index contributed by atoms with van der Waals surface area (Å²) < 4.78 is 1.47. The molecule has 21 heavy (non-hydrogen) atoms. The standard InChI is InChI=1S/C14H22N6O/c1-10(19-6-4-3-5-7-19)9-15-12-8-13-17-18-14(21)20(13)11(2)16-12/h8,10,15H,3-7,9H2,1-2H3,(H,18,21). The molecule has 1 fully saturated rings. The number of aromatic nitrogens is 4. The second-order valence-corrected chi connectivity index (χ2v) is 5.74. The van der Waals surface area contributed by atoms with Crippen LogP contribution in [0.25, 0.3) is 5.65 Å². The van der Waals surface area contributed by atoms with Crippen molar-refractivity contribution in [2.45, 2.75) is 39.2 Å². The molecule has 1 aliphatic heterocycles. The van der Waals surface area contributed by atoms with Gasteiger partial charge in [-0.3, -0.25) is 4.90 Å². The normalized spacial score (nSPS) is 18.0. The van der Waals surface area contributed by atoms with Gasteiger partial charge < -0.3 is 5.32 Å². The minimum absolute atomic E-state index is 0.247. The molecule has 0 saturated carbocycles. The van der Waals surface area contributed by atoms with E-state index >= 15 is 0 Å². The summed E-state index contributed by atoms with van der Waals surface area (Å²) >= 11 is 0. The summed E-state index contributed by atoms with van der Waals surface area (Å²) in [4.78, 5) is 18.5. The molecule has 7 heteroatoms. The van der Waals surface area contributed by atoms with Crippen LogP contribution in [-0.4, -0.2) is 50.2 Å². The van der Waals surface area contributed by atoms with Gasteiger partial charge in [-0.05, 0) is 39.8 Å². The second-order valence-electron chi connectivity index (χ2n) is 5.74. The number of hydrogen-bond donors (Lipinski definition) is 2. The molecule has 2 aromatic heterocycles. The summed E-state index contributed by atoms with van der Waals surface area (Å²) in [5.41, 5.74) is 0.351. The number of hydrogen-bond acceptors (Lipinski definition) is 5. The summed E-state index contributed by atoms with van der Waals surface area (Å²) in [7, 11) is 0. The highest BCUT2D eigenvalue weighted by atomic mass is 16.1. The predicted octanol–water partition coefficient (Wildman–Crippen LogP) is 1.01. The molecule has 1 saturated heterocycles. The molecular weight excluding hydrogens is 268 g/mol. The van der Waals surface area contributed by atoms with Crippen molar-refractivity contribution in [3.05, 3.63) is 22.4 Å². The number of nitrogens with one attached hydrogen (secondary N) is 2. The predicted molar refractivity (Wildman–Crippen MR) is 81.7 cm³/mol. The molecule has 114 valence electrons. The Hall–Kier alpha value is -1.89. The van der Waals surface area contributed by atoms with E-state index in [0.717, 1.165) is 12.4 Å². The number of piperidine rings is 1. The Kier molecular flexibility index (Phi) is 3.92. The van der Waals surface area contributed by atoms with Crippen LogP contribution in [0.3, 0.4) is 0 Å². The number of fused-ring (bicyclic) bond motifs is 1. The number of rotatable bonds is 4. The molecule has 0 radical (unpaired) electrons. The van der Waals surface area contributed by atoms with E-state index in [1.807, 2.05) is 6.92 Å². The van der Waals surface area contributed by atoms with Crippen LogP contribution in [0.5, 0.6) is 0 Å². The maximum atomic E-state index is 11.6. The SMILES string of the molecule is Cc1nc(NCC(C)N2CCCCC2)cc2n[nH]c(=O)n12. The molecule has 2 aromatic rings. The summed E-state index contributed by atoms with van der Waals surface area (Å²) in [5, 5.41) is 9.80. The van der Waals surface area contributed by atoms with Gasteiger partial charge in [-0.15, -0.1) is 0 Å². The summed E-state index contributed by atoms with van der Waals surface area (Å²) in [5.74, 6) is 1.40. The molecule has 1 unspecified atom stereocenters. The van der Waals surface area contributed by atoms with Crippen LogP contribution in [-0.2, 0) is 0 Å². The van der Waals surface area contributed by atoms with Crippen molar-refractivity contribution in [2.24, 2.45) is 0 Å². The van der Waals surface area contributed by atoms with Crippen molar-refractivity contribution >= 4 is 11.5 Å². The van der Waals surface area contributed by atoms with Crippen molar-refractivity contribution in [3.8, 4) is 0 Å². The molecule has 2 N–H and O–H groups in total. The molecular formula is C14H22N6O. The van der Waals surface area contributed by atoms with Gasteiger partial charge in [0, 0.05) is 18.7 Å². The van der Waals surface area contributed by atoms with Gasteiger partial charge in [0.2, 0.25) is 0 Å². The van der Waals surface area contributed by atoms with E-state index in [9.17, 15) is 4.79 Å². The zero-order valence-electron chi connectivity index (χ0n) is 12.6. The van der Waals surface area contributed by atoms with E-state index in [4.69, 9.17) is 0 Å². The highest BCUT2D eigenvalue weighted by Crippen LogP contribution is 2.13. The lowest BCUT2D eigenvalue weighted by atomic mass is 10.1. The average Bonchev–Trinajstić information content (AvgIpc) is 2.87. The third-order valence-corrected chi connectivity index (χ3v) is 4.16. The van der Waals surface area contributed by atoms with Gasteiger partial charge in [0.05, 0.1) is 0 Å². The van der Waals surface area contributed by atoms with Gasteiger partial charge in [-0.25, -0.2) is 19.3 Å². The summed E-state index contributed by atoms with van der Waals surface area (Å²) in [6, 6.07) is 2.28. The maximum Gasteiger partial charge on any atom is 0.349 e. The van der Waals surface area contributed by atoms with E-state index in [-0.39, 0.29) is 5.69 Å². The molecule has 0 spiro atoms. The van der Waals surface area contributed by atoms with Gasteiger partial charge in [-0.2, -0.15) is 5.10 Å². The molecule has 1 atom stereocenters. The van der Waals surface area contributed by atoms with Crippen LogP contribution in [0.2, 0.25) is 0 Å². The molecule has 0 aliphatic carbocycles. The Morgan fingerprint density at radius 2 is 2.14 bits per heavy atom. The number of H-pyrrole nitrogens is 1. The molecule has 0 bridgehead atoms. The third kappa shape index (κ3) is 2.92. The monoisotopic (exact) mass is 290 g/mol. The fourth-order valence-corrected chi connectivity index (χ4v) is 2.93. The first-order valence-corrected chi connectivity index (χ1v) is 7.58. The van der Waals surface area contributed by atoms with Gasteiger partial charge in [0.1, 0.15) is 11.6 Å². The van der Waals surface area contributed by atoms with Gasteiger partial charge in [0.15, 0.2) is 5.65 Å². The fourth-order valence-electron chi connectivity index (χ4n) is 2.93. The number of likely N-dealkylation sites (tertiary alicyclic amines) is 1. The first-order chi connectivity index (χ1) is 10.1. The Balaban J connectivity index is 1.68. The van der Waals surface area contributed by atoms with Gasteiger partial charge >= 0.3 is 5.69 Å². The Bertz CT molecular complexity index is 670. The second kappa shape index (κ2) is 5.85.